The van der Waals surface area contributed by atoms with Crippen molar-refractivity contribution >= 4 is 49.6 Å². The van der Waals surface area contributed by atoms with E-state index in [1.165, 1.54) is 18.2 Å². The topological polar surface area (TPSA) is 111 Å². The smallest absolute Gasteiger partial charge is 0.406 e. The summed E-state index contributed by atoms with van der Waals surface area (Å²) in [6.07, 6.45) is -5.34. The maximum Gasteiger partial charge on any atom is 0.573 e. The second-order valence-corrected chi connectivity index (χ2v) is 8.73. The highest BCUT2D eigenvalue weighted by molar-refractivity contribution is 7.22. The number of aryl methyl sites for hydroxylation is 1. The van der Waals surface area contributed by atoms with Crippen molar-refractivity contribution in [1.29, 1.82) is 0 Å². The second kappa shape index (κ2) is 10.1. The number of thiazole rings is 1. The molecular formula is C22H22F3N5O4S. The van der Waals surface area contributed by atoms with Gasteiger partial charge in [0.25, 0.3) is 5.91 Å². The third kappa shape index (κ3) is 6.18. The van der Waals surface area contributed by atoms with Gasteiger partial charge in [-0.3, -0.25) is 4.79 Å². The van der Waals surface area contributed by atoms with Gasteiger partial charge >= 0.3 is 6.36 Å². The van der Waals surface area contributed by atoms with Crippen LogP contribution in [0, 0.1) is 0 Å². The van der Waals surface area contributed by atoms with Gasteiger partial charge in [0.15, 0.2) is 5.13 Å². The van der Waals surface area contributed by atoms with Crippen molar-refractivity contribution in [1.82, 2.24) is 19.9 Å². The number of fused-ring (bicyclic) bond motifs is 2. The van der Waals surface area contributed by atoms with E-state index in [0.29, 0.717) is 38.9 Å². The molecule has 0 radical (unpaired) electrons. The van der Waals surface area contributed by atoms with Gasteiger partial charge in [-0.25, -0.2) is 9.97 Å². The summed E-state index contributed by atoms with van der Waals surface area (Å²) >= 11 is 1.16. The fourth-order valence-electron chi connectivity index (χ4n) is 3.30. The van der Waals surface area contributed by atoms with E-state index in [9.17, 15) is 18.0 Å². The maximum absolute atomic E-state index is 12.5. The van der Waals surface area contributed by atoms with Crippen LogP contribution in [0.2, 0.25) is 0 Å². The number of halogens is 3. The monoisotopic (exact) mass is 509 g/mol. The highest BCUT2D eigenvalue weighted by Gasteiger charge is 2.31. The molecule has 0 aliphatic rings. The van der Waals surface area contributed by atoms with E-state index in [2.05, 4.69) is 25.3 Å². The lowest BCUT2D eigenvalue weighted by atomic mass is 10.2. The first-order chi connectivity index (χ1) is 16.6. The van der Waals surface area contributed by atoms with Crippen LogP contribution >= 0.6 is 11.3 Å². The first-order valence-electron chi connectivity index (χ1n) is 10.5. The Hall–Kier alpha value is -3.42. The molecule has 0 spiro atoms. The Morgan fingerprint density at radius 1 is 1.20 bits per heavy atom. The molecule has 9 nitrogen and oxygen atoms in total. The van der Waals surface area contributed by atoms with Crippen LogP contribution in [0.4, 0.5) is 24.3 Å². The van der Waals surface area contributed by atoms with Gasteiger partial charge in [-0.15, -0.1) is 13.2 Å². The molecule has 2 aromatic carbocycles. The number of carbonyl (C=O) groups excluding carboxylic acids is 1. The van der Waals surface area contributed by atoms with Crippen LogP contribution in [0.25, 0.3) is 21.3 Å². The molecule has 13 heteroatoms. The molecule has 0 bridgehead atoms. The fraction of sp³-hybridized carbons (Fsp3) is 0.318. The average Bonchev–Trinajstić information content (AvgIpc) is 3.31. The van der Waals surface area contributed by atoms with Crippen molar-refractivity contribution in [2.45, 2.75) is 19.4 Å². The first-order valence-corrected chi connectivity index (χ1v) is 11.3. The summed E-state index contributed by atoms with van der Waals surface area (Å²) in [6.45, 7) is 2.39. The van der Waals surface area contributed by atoms with E-state index < -0.39 is 12.5 Å². The maximum atomic E-state index is 12.5. The van der Waals surface area contributed by atoms with Crippen LogP contribution in [0.1, 0.15) is 17.3 Å². The lowest BCUT2D eigenvalue weighted by molar-refractivity contribution is -0.274. The summed E-state index contributed by atoms with van der Waals surface area (Å²) in [4.78, 5) is 21.3. The Morgan fingerprint density at radius 3 is 2.74 bits per heavy atom. The minimum Gasteiger partial charge on any atom is -0.406 e. The lowest BCUT2D eigenvalue weighted by Gasteiger charge is -2.08. The number of ether oxygens (including phenoxy) is 2. The van der Waals surface area contributed by atoms with E-state index in [4.69, 9.17) is 9.84 Å². The molecule has 0 saturated heterocycles. The van der Waals surface area contributed by atoms with Crippen LogP contribution in [-0.2, 0) is 11.8 Å². The number of amides is 1. The third-order valence-electron chi connectivity index (χ3n) is 4.85. The summed E-state index contributed by atoms with van der Waals surface area (Å²) in [6, 6.07) is 9.05. The number of benzene rings is 2. The lowest BCUT2D eigenvalue weighted by Crippen LogP contribution is -2.28. The molecule has 4 aromatic rings. The van der Waals surface area contributed by atoms with Gasteiger partial charge < -0.3 is 29.8 Å². The summed E-state index contributed by atoms with van der Waals surface area (Å²) in [5, 5.41) is 15.4. The highest BCUT2D eigenvalue weighted by Crippen LogP contribution is 2.33. The third-order valence-corrected chi connectivity index (χ3v) is 5.78. The van der Waals surface area contributed by atoms with Crippen molar-refractivity contribution in [3.63, 3.8) is 0 Å². The zero-order chi connectivity index (χ0) is 25.2. The molecule has 0 saturated carbocycles. The second-order valence-electron chi connectivity index (χ2n) is 7.70. The molecule has 35 heavy (non-hydrogen) atoms. The molecule has 0 fully saturated rings. The zero-order valence-electron chi connectivity index (χ0n) is 18.7. The molecule has 0 aliphatic carbocycles. The van der Waals surface area contributed by atoms with E-state index >= 15 is 0 Å². The summed E-state index contributed by atoms with van der Waals surface area (Å²) in [7, 11) is 1.79. The van der Waals surface area contributed by atoms with Crippen LogP contribution < -0.4 is 15.4 Å². The molecular weight excluding hydrogens is 487 g/mol. The zero-order valence-corrected chi connectivity index (χ0v) is 19.5. The number of hydrogen-bond acceptors (Lipinski definition) is 8. The largest absolute Gasteiger partial charge is 0.573 e. The summed E-state index contributed by atoms with van der Waals surface area (Å²) < 4.78 is 48.9. The predicted molar refractivity (Wildman–Crippen MR) is 125 cm³/mol. The number of hydrogen-bond donors (Lipinski definition) is 3. The molecule has 1 unspecified atom stereocenters. The SMILES string of the molecule is CC(O)COCCNC(=O)c1ccc2c(c1)nc(Nc1nc3ccc(OC(F)(F)F)cc3s1)n2C. The van der Waals surface area contributed by atoms with E-state index in [1.54, 1.807) is 36.7 Å². The minimum atomic E-state index is -4.77. The number of carbonyl (C=O) groups is 1. The number of aliphatic hydroxyl groups is 1. The van der Waals surface area contributed by atoms with Crippen LogP contribution in [0.3, 0.4) is 0 Å². The Labute approximate surface area is 201 Å². The van der Waals surface area contributed by atoms with Crippen molar-refractivity contribution in [2.75, 3.05) is 25.1 Å². The highest BCUT2D eigenvalue weighted by atomic mass is 32.1. The molecule has 4 rings (SSSR count). The Kier molecular flexibility index (Phi) is 7.10. The molecule has 0 aliphatic heterocycles. The van der Waals surface area contributed by atoms with E-state index in [-0.39, 0.29) is 24.9 Å². The molecule has 2 aromatic heterocycles. The predicted octanol–water partition coefficient (Wildman–Crippen LogP) is 3.95. The van der Waals surface area contributed by atoms with E-state index in [1.807, 2.05) is 0 Å². The molecule has 186 valence electrons. The minimum absolute atomic E-state index is 0.197. The van der Waals surface area contributed by atoms with Gasteiger partial charge in [0.05, 0.1) is 40.6 Å². The number of nitrogens with one attached hydrogen (secondary N) is 2. The molecule has 1 atom stereocenters. The fourth-order valence-corrected chi connectivity index (χ4v) is 4.18. The quantitative estimate of drug-likeness (QED) is 0.293. The Morgan fingerprint density at radius 2 is 2.00 bits per heavy atom. The molecule has 1 amide bonds. The number of aromatic nitrogens is 3. The normalized spacial score (nSPS) is 12.7. The van der Waals surface area contributed by atoms with Crippen molar-refractivity contribution in [2.24, 2.45) is 7.05 Å². The summed E-state index contributed by atoms with van der Waals surface area (Å²) in [5.74, 6) is -0.145. The van der Waals surface area contributed by atoms with Gasteiger partial charge in [-0.1, -0.05) is 11.3 Å². The molecule has 3 N–H and O–H groups in total. The van der Waals surface area contributed by atoms with Gasteiger partial charge in [0.2, 0.25) is 5.95 Å². The van der Waals surface area contributed by atoms with Gasteiger partial charge in [-0.2, -0.15) is 0 Å². The number of rotatable bonds is 9. The molecule has 2 heterocycles. The summed E-state index contributed by atoms with van der Waals surface area (Å²) in [5.41, 5.74) is 2.29. The standard InChI is InChI=1S/C22H22F3N5O4S/c1-12(31)11-33-8-7-26-19(32)13-3-6-17-16(9-13)27-20(30(17)2)29-21-28-15-5-4-14(10-18(15)35-21)34-22(23,24)25/h3-6,9-10,12,31H,7-8,11H2,1-2H3,(H,26,32)(H,27,28,29). The Bertz CT molecular complexity index is 1350. The number of nitrogens with zero attached hydrogens (tertiary/aromatic N) is 3. The Balaban J connectivity index is 1.46. The van der Waals surface area contributed by atoms with Crippen molar-refractivity contribution < 1.29 is 32.5 Å². The van der Waals surface area contributed by atoms with Gasteiger partial charge in [0.1, 0.15) is 5.75 Å². The van der Waals surface area contributed by atoms with Crippen molar-refractivity contribution in [3.05, 3.63) is 42.0 Å². The van der Waals surface area contributed by atoms with Crippen molar-refractivity contribution in [3.8, 4) is 5.75 Å². The van der Waals surface area contributed by atoms with Crippen LogP contribution in [-0.4, -0.2) is 57.8 Å². The first kappa shape index (κ1) is 24.7. The van der Waals surface area contributed by atoms with Gasteiger partial charge in [0, 0.05) is 25.2 Å². The average molecular weight is 510 g/mol. The van der Waals surface area contributed by atoms with Crippen LogP contribution in [0.15, 0.2) is 36.4 Å². The number of alkyl halides is 3. The number of aliphatic hydroxyl groups excluding tert-OH is 1. The van der Waals surface area contributed by atoms with Crippen LogP contribution in [0.5, 0.6) is 5.75 Å². The number of imidazole rings is 1. The van der Waals surface area contributed by atoms with Gasteiger partial charge in [-0.05, 0) is 37.3 Å². The van der Waals surface area contributed by atoms with E-state index in [0.717, 1.165) is 16.9 Å². The number of anilines is 2.